The number of hydrogen-bond acceptors (Lipinski definition) is 3. The van der Waals surface area contributed by atoms with Crippen molar-refractivity contribution >= 4 is 21.9 Å². The van der Waals surface area contributed by atoms with E-state index < -0.39 is 18.2 Å². The first-order valence-electron chi connectivity index (χ1n) is 6.28. The molecule has 0 aliphatic heterocycles. The Morgan fingerprint density at radius 3 is 2.48 bits per heavy atom. The molecule has 0 saturated heterocycles. The van der Waals surface area contributed by atoms with E-state index >= 15 is 0 Å². The van der Waals surface area contributed by atoms with E-state index in [2.05, 4.69) is 35.0 Å². The van der Waals surface area contributed by atoms with Gasteiger partial charge < -0.3 is 9.47 Å². The third-order valence-corrected chi connectivity index (χ3v) is 2.82. The minimum absolute atomic E-state index is 0.224. The second-order valence-corrected chi connectivity index (χ2v) is 5.58. The zero-order valence-corrected chi connectivity index (χ0v) is 13.4. The van der Waals surface area contributed by atoms with E-state index in [1.54, 1.807) is 31.2 Å². The summed E-state index contributed by atoms with van der Waals surface area (Å²) < 4.78 is 11.6. The number of benzene rings is 1. The molecular weight excluding hydrogens is 332 g/mol. The molecule has 0 aromatic heterocycles. The van der Waals surface area contributed by atoms with E-state index in [-0.39, 0.29) is 6.61 Å². The summed E-state index contributed by atoms with van der Waals surface area (Å²) in [6.07, 6.45) is 4.03. The van der Waals surface area contributed by atoms with Crippen LogP contribution in [0.25, 0.3) is 0 Å². The molecule has 0 aliphatic rings. The van der Waals surface area contributed by atoms with Crippen molar-refractivity contribution in [1.29, 1.82) is 0 Å². The molecule has 0 spiro atoms. The first-order valence-corrected chi connectivity index (χ1v) is 7.07. The molecule has 0 saturated carbocycles. The van der Waals surface area contributed by atoms with Crippen molar-refractivity contribution in [3.05, 3.63) is 59.1 Å². The second-order valence-electron chi connectivity index (χ2n) is 4.45. The molecule has 1 aromatic rings. The van der Waals surface area contributed by atoms with Gasteiger partial charge in [0.15, 0.2) is 12.2 Å². The first-order chi connectivity index (χ1) is 9.95. The minimum atomic E-state index is -0.718. The molecule has 0 radical (unpaired) electrons. The molecule has 0 fully saturated rings. The first kappa shape index (κ1) is 17.2. The van der Waals surface area contributed by atoms with Crippen LogP contribution in [0.1, 0.15) is 17.3 Å². The van der Waals surface area contributed by atoms with Crippen LogP contribution in [0, 0.1) is 12.3 Å². The van der Waals surface area contributed by atoms with Gasteiger partial charge in [-0.1, -0.05) is 53.2 Å². The van der Waals surface area contributed by atoms with Gasteiger partial charge in [-0.05, 0) is 24.6 Å². The number of halogens is 1. The van der Waals surface area contributed by atoms with Gasteiger partial charge in [-0.25, -0.2) is 4.79 Å². The predicted octanol–water partition coefficient (Wildman–Crippen LogP) is 3.72. The highest BCUT2D eigenvalue weighted by atomic mass is 79.9. The van der Waals surface area contributed by atoms with Gasteiger partial charge >= 0.3 is 5.97 Å². The maximum atomic E-state index is 12.1. The fourth-order valence-corrected chi connectivity index (χ4v) is 1.71. The van der Waals surface area contributed by atoms with Gasteiger partial charge in [-0.15, -0.1) is 6.42 Å². The van der Waals surface area contributed by atoms with Crippen molar-refractivity contribution in [2.45, 2.75) is 19.1 Å². The number of ether oxygens (including phenoxy) is 2. The SMILES string of the molecule is C#C[C@H](OCC(=C)Br)[C@H](OC(=O)c1ccccc1)C(=C)C. The molecule has 2 atom stereocenters. The van der Waals surface area contributed by atoms with Crippen molar-refractivity contribution < 1.29 is 14.3 Å². The molecule has 0 aliphatic carbocycles. The van der Waals surface area contributed by atoms with Crippen LogP contribution < -0.4 is 0 Å². The van der Waals surface area contributed by atoms with Crippen molar-refractivity contribution in [2.75, 3.05) is 6.61 Å². The lowest BCUT2D eigenvalue weighted by molar-refractivity contribution is -0.00900. The van der Waals surface area contributed by atoms with Crippen molar-refractivity contribution in [3.8, 4) is 12.3 Å². The van der Waals surface area contributed by atoms with E-state index in [4.69, 9.17) is 15.9 Å². The van der Waals surface area contributed by atoms with Crippen LogP contribution in [0.4, 0.5) is 0 Å². The van der Waals surface area contributed by atoms with Gasteiger partial charge in [0.2, 0.25) is 0 Å². The lowest BCUT2D eigenvalue weighted by atomic mass is 10.1. The molecule has 4 heteroatoms. The van der Waals surface area contributed by atoms with Gasteiger partial charge in [-0.3, -0.25) is 0 Å². The quantitative estimate of drug-likeness (QED) is 0.428. The Labute approximate surface area is 133 Å². The lowest BCUT2D eigenvalue weighted by Crippen LogP contribution is -2.33. The Hall–Kier alpha value is -1.83. The largest absolute Gasteiger partial charge is 0.450 e. The molecule has 3 nitrogen and oxygen atoms in total. The fourth-order valence-electron chi connectivity index (χ4n) is 1.58. The Kier molecular flexibility index (Phi) is 6.93. The molecule has 0 unspecified atom stereocenters. The van der Waals surface area contributed by atoms with Gasteiger partial charge in [0.1, 0.15) is 0 Å². The molecule has 21 heavy (non-hydrogen) atoms. The number of carbonyl (C=O) groups is 1. The molecule has 110 valence electrons. The van der Waals surface area contributed by atoms with Crippen LogP contribution in [0.15, 0.2) is 53.5 Å². The summed E-state index contributed by atoms with van der Waals surface area (Å²) in [6, 6.07) is 8.68. The average Bonchev–Trinajstić information content (AvgIpc) is 2.46. The maximum Gasteiger partial charge on any atom is 0.338 e. The monoisotopic (exact) mass is 348 g/mol. The van der Waals surface area contributed by atoms with Crippen LogP contribution in [0.5, 0.6) is 0 Å². The van der Waals surface area contributed by atoms with E-state index in [1.807, 2.05) is 6.07 Å². The second kappa shape index (κ2) is 8.46. The van der Waals surface area contributed by atoms with Crippen LogP contribution in [0.2, 0.25) is 0 Å². The third kappa shape index (κ3) is 5.58. The van der Waals surface area contributed by atoms with Gasteiger partial charge in [0.25, 0.3) is 0 Å². The van der Waals surface area contributed by atoms with Crippen molar-refractivity contribution in [2.24, 2.45) is 0 Å². The summed E-state index contributed by atoms with van der Waals surface area (Å²) >= 11 is 3.19. The van der Waals surface area contributed by atoms with Gasteiger partial charge in [-0.2, -0.15) is 0 Å². The average molecular weight is 349 g/mol. The van der Waals surface area contributed by atoms with E-state index in [9.17, 15) is 4.79 Å². The summed E-state index contributed by atoms with van der Waals surface area (Å²) in [4.78, 5) is 12.1. The normalized spacial score (nSPS) is 12.8. The number of rotatable bonds is 7. The molecule has 0 amide bonds. The summed E-state index contributed by atoms with van der Waals surface area (Å²) in [7, 11) is 0. The Balaban J connectivity index is 2.81. The van der Waals surface area contributed by atoms with E-state index in [0.29, 0.717) is 15.6 Å². The zero-order chi connectivity index (χ0) is 15.8. The summed E-state index contributed by atoms with van der Waals surface area (Å²) in [5.74, 6) is 2.01. The van der Waals surface area contributed by atoms with Crippen molar-refractivity contribution in [3.63, 3.8) is 0 Å². The highest BCUT2D eigenvalue weighted by Gasteiger charge is 2.26. The molecule has 1 aromatic carbocycles. The number of terminal acetylenes is 1. The maximum absolute atomic E-state index is 12.1. The predicted molar refractivity (Wildman–Crippen MR) is 87.1 cm³/mol. The van der Waals surface area contributed by atoms with Crippen LogP contribution in [0.3, 0.4) is 0 Å². The smallest absolute Gasteiger partial charge is 0.338 e. The standard InChI is InChI=1S/C17H17BrO3/c1-5-15(20-11-13(4)18)16(12(2)3)21-17(19)14-9-7-6-8-10-14/h1,6-10,15-16H,2,4,11H2,3H3/t15-,16+/m0/s1. The van der Waals surface area contributed by atoms with Gasteiger partial charge in [0, 0.05) is 4.48 Å². The molecule has 0 bridgehead atoms. The van der Waals surface area contributed by atoms with E-state index in [1.165, 1.54) is 0 Å². The summed E-state index contributed by atoms with van der Waals surface area (Å²) in [5.41, 5.74) is 1.06. The van der Waals surface area contributed by atoms with Crippen LogP contribution >= 0.6 is 15.9 Å². The lowest BCUT2D eigenvalue weighted by Gasteiger charge is -2.24. The topological polar surface area (TPSA) is 35.5 Å². The van der Waals surface area contributed by atoms with E-state index in [0.717, 1.165) is 0 Å². The molecular formula is C17H17BrO3. The van der Waals surface area contributed by atoms with Crippen LogP contribution in [-0.2, 0) is 9.47 Å². The number of esters is 1. The molecule has 1 rings (SSSR count). The Morgan fingerprint density at radius 2 is 2.00 bits per heavy atom. The molecule has 0 heterocycles. The number of hydrogen-bond donors (Lipinski definition) is 0. The third-order valence-electron chi connectivity index (χ3n) is 2.59. The Morgan fingerprint density at radius 1 is 1.38 bits per heavy atom. The van der Waals surface area contributed by atoms with Crippen LogP contribution in [-0.4, -0.2) is 24.8 Å². The van der Waals surface area contributed by atoms with Gasteiger partial charge in [0.05, 0.1) is 12.2 Å². The fraction of sp³-hybridized carbons (Fsp3) is 0.235. The molecule has 0 N–H and O–H groups in total. The highest BCUT2D eigenvalue weighted by molar-refractivity contribution is 9.11. The minimum Gasteiger partial charge on any atom is -0.450 e. The summed E-state index contributed by atoms with van der Waals surface area (Å²) in [5, 5.41) is 0. The summed E-state index contributed by atoms with van der Waals surface area (Å²) in [6.45, 7) is 9.44. The highest BCUT2D eigenvalue weighted by Crippen LogP contribution is 2.16. The zero-order valence-electron chi connectivity index (χ0n) is 11.8. The van der Waals surface area contributed by atoms with Crippen molar-refractivity contribution in [1.82, 2.24) is 0 Å². The number of carbonyl (C=O) groups excluding carboxylic acids is 1. The Bertz CT molecular complexity index is 557.